The van der Waals surface area contributed by atoms with Crippen molar-refractivity contribution in [2.45, 2.75) is 13.8 Å². The van der Waals surface area contributed by atoms with Gasteiger partial charge in [0.15, 0.2) is 0 Å². The summed E-state index contributed by atoms with van der Waals surface area (Å²) in [4.78, 5) is 12.5. The Bertz CT molecular complexity index is 402. The predicted octanol–water partition coefficient (Wildman–Crippen LogP) is 2.52. The molecular formula is C15H22FNO3. The van der Waals surface area contributed by atoms with Crippen molar-refractivity contribution in [3.05, 3.63) is 29.6 Å². The number of halogens is 1. The summed E-state index contributed by atoms with van der Waals surface area (Å²) in [6.07, 6.45) is 0.636. The summed E-state index contributed by atoms with van der Waals surface area (Å²) in [7, 11) is 0. The molecule has 0 atom stereocenters. The minimum atomic E-state index is -0.400. The van der Waals surface area contributed by atoms with E-state index < -0.39 is 5.82 Å². The normalized spacial score (nSPS) is 10.6. The smallest absolute Gasteiger partial charge is 0.150 e. The van der Waals surface area contributed by atoms with E-state index >= 15 is 0 Å². The number of anilines is 1. The van der Waals surface area contributed by atoms with Gasteiger partial charge in [-0.2, -0.15) is 0 Å². The first-order chi connectivity index (χ1) is 9.72. The lowest BCUT2D eigenvalue weighted by Crippen LogP contribution is -2.31. The Labute approximate surface area is 119 Å². The average molecular weight is 283 g/mol. The second-order valence-electron chi connectivity index (χ2n) is 4.21. The van der Waals surface area contributed by atoms with Crippen molar-refractivity contribution in [2.24, 2.45) is 0 Å². The lowest BCUT2D eigenvalue weighted by atomic mass is 10.2. The third-order valence-corrected chi connectivity index (χ3v) is 2.87. The quantitative estimate of drug-likeness (QED) is 0.488. The molecule has 0 aliphatic heterocycles. The van der Waals surface area contributed by atoms with Crippen LogP contribution in [-0.4, -0.2) is 45.8 Å². The summed E-state index contributed by atoms with van der Waals surface area (Å²) in [6.45, 7) is 7.32. The molecule has 0 heterocycles. The monoisotopic (exact) mass is 283 g/mol. The molecular weight excluding hydrogens is 261 g/mol. The number of benzene rings is 1. The van der Waals surface area contributed by atoms with Gasteiger partial charge in [0, 0.05) is 31.9 Å². The van der Waals surface area contributed by atoms with E-state index in [-0.39, 0.29) is 0 Å². The van der Waals surface area contributed by atoms with E-state index in [4.69, 9.17) is 9.47 Å². The number of aldehydes is 1. The molecule has 0 fully saturated rings. The highest BCUT2D eigenvalue weighted by Gasteiger charge is 2.12. The van der Waals surface area contributed by atoms with Crippen LogP contribution in [0, 0.1) is 5.82 Å². The molecule has 0 aromatic heterocycles. The molecule has 4 nitrogen and oxygen atoms in total. The van der Waals surface area contributed by atoms with E-state index in [2.05, 4.69) is 0 Å². The summed E-state index contributed by atoms with van der Waals surface area (Å²) in [5.41, 5.74) is 0.802. The van der Waals surface area contributed by atoms with Gasteiger partial charge >= 0.3 is 0 Å². The number of nitrogens with zero attached hydrogens (tertiary/aromatic N) is 1. The first kappa shape index (κ1) is 16.6. The third-order valence-electron chi connectivity index (χ3n) is 2.87. The molecule has 0 radical (unpaired) electrons. The van der Waals surface area contributed by atoms with Crippen molar-refractivity contribution < 1.29 is 18.7 Å². The van der Waals surface area contributed by atoms with Gasteiger partial charge in [-0.05, 0) is 32.0 Å². The minimum Gasteiger partial charge on any atom is -0.380 e. The van der Waals surface area contributed by atoms with Crippen LogP contribution in [0.15, 0.2) is 18.2 Å². The summed E-state index contributed by atoms with van der Waals surface area (Å²) in [5.74, 6) is -0.400. The summed E-state index contributed by atoms with van der Waals surface area (Å²) in [5, 5.41) is 0. The number of ether oxygens (including phenoxy) is 2. The van der Waals surface area contributed by atoms with Gasteiger partial charge in [0.25, 0.3) is 0 Å². The fourth-order valence-electron chi connectivity index (χ4n) is 1.84. The maximum absolute atomic E-state index is 14.0. The molecule has 0 unspecified atom stereocenters. The van der Waals surface area contributed by atoms with Crippen LogP contribution in [0.1, 0.15) is 24.2 Å². The first-order valence-corrected chi connectivity index (χ1v) is 6.88. The molecule has 0 amide bonds. The van der Waals surface area contributed by atoms with Crippen LogP contribution >= 0.6 is 0 Å². The summed E-state index contributed by atoms with van der Waals surface area (Å²) >= 11 is 0. The zero-order valence-electron chi connectivity index (χ0n) is 12.1. The van der Waals surface area contributed by atoms with Crippen molar-refractivity contribution in [1.82, 2.24) is 0 Å². The van der Waals surface area contributed by atoms with E-state index in [0.717, 1.165) is 0 Å². The van der Waals surface area contributed by atoms with Gasteiger partial charge in [-0.15, -0.1) is 0 Å². The highest BCUT2D eigenvalue weighted by atomic mass is 19.1. The molecule has 0 saturated carbocycles. The van der Waals surface area contributed by atoms with Crippen molar-refractivity contribution >= 4 is 12.0 Å². The van der Waals surface area contributed by atoms with E-state index in [9.17, 15) is 9.18 Å². The fraction of sp³-hybridized carbons (Fsp3) is 0.533. The van der Waals surface area contributed by atoms with Crippen LogP contribution in [0.4, 0.5) is 10.1 Å². The minimum absolute atomic E-state index is 0.334. The molecule has 0 N–H and O–H groups in total. The second-order valence-corrected chi connectivity index (χ2v) is 4.21. The van der Waals surface area contributed by atoms with Crippen LogP contribution < -0.4 is 4.90 Å². The van der Waals surface area contributed by atoms with Gasteiger partial charge in [-0.3, -0.25) is 4.79 Å². The van der Waals surface area contributed by atoms with Crippen molar-refractivity contribution in [2.75, 3.05) is 44.4 Å². The maximum atomic E-state index is 14.0. The molecule has 1 rings (SSSR count). The van der Waals surface area contributed by atoms with Gasteiger partial charge in [-0.1, -0.05) is 0 Å². The Hall–Kier alpha value is -1.46. The highest BCUT2D eigenvalue weighted by Crippen LogP contribution is 2.20. The lowest BCUT2D eigenvalue weighted by Gasteiger charge is -2.25. The number of rotatable bonds is 10. The number of carbonyl (C=O) groups excluding carboxylic acids is 1. The van der Waals surface area contributed by atoms with E-state index in [0.29, 0.717) is 57.1 Å². The van der Waals surface area contributed by atoms with Crippen LogP contribution in [-0.2, 0) is 9.47 Å². The Morgan fingerprint density at radius 1 is 1.15 bits per heavy atom. The fourth-order valence-corrected chi connectivity index (χ4v) is 1.84. The van der Waals surface area contributed by atoms with Gasteiger partial charge in [-0.25, -0.2) is 4.39 Å². The maximum Gasteiger partial charge on any atom is 0.150 e. The topological polar surface area (TPSA) is 38.8 Å². The van der Waals surface area contributed by atoms with Crippen LogP contribution in [0.3, 0.4) is 0 Å². The molecule has 5 heteroatoms. The summed E-state index contributed by atoms with van der Waals surface area (Å²) < 4.78 is 24.7. The summed E-state index contributed by atoms with van der Waals surface area (Å²) in [6, 6.07) is 4.48. The standard InChI is InChI=1S/C15H22FNO3/c1-3-19-9-7-17(8-10-20-4-2)15-6-5-13(12-18)11-14(15)16/h5-6,11-12H,3-4,7-10H2,1-2H3. The molecule has 1 aromatic carbocycles. The van der Waals surface area contributed by atoms with E-state index in [1.54, 1.807) is 12.1 Å². The highest BCUT2D eigenvalue weighted by molar-refractivity contribution is 5.76. The first-order valence-electron chi connectivity index (χ1n) is 6.88. The Kier molecular flexibility index (Phi) is 7.84. The van der Waals surface area contributed by atoms with Crippen molar-refractivity contribution in [1.29, 1.82) is 0 Å². The predicted molar refractivity (Wildman–Crippen MR) is 77.0 cm³/mol. The number of hydrogen-bond acceptors (Lipinski definition) is 4. The number of carbonyl (C=O) groups is 1. The molecule has 1 aromatic rings. The Morgan fingerprint density at radius 2 is 1.75 bits per heavy atom. The van der Waals surface area contributed by atoms with Crippen molar-refractivity contribution in [3.8, 4) is 0 Å². The molecule has 0 aliphatic carbocycles. The van der Waals surface area contributed by atoms with Gasteiger partial charge < -0.3 is 14.4 Å². The number of hydrogen-bond donors (Lipinski definition) is 0. The average Bonchev–Trinajstić information content (AvgIpc) is 2.46. The molecule has 112 valence electrons. The lowest BCUT2D eigenvalue weighted by molar-refractivity contribution is 0.112. The third kappa shape index (κ3) is 5.27. The largest absolute Gasteiger partial charge is 0.380 e. The van der Waals surface area contributed by atoms with E-state index in [1.807, 2.05) is 18.7 Å². The molecule has 0 bridgehead atoms. The molecule has 0 aliphatic rings. The molecule has 0 saturated heterocycles. The molecule has 20 heavy (non-hydrogen) atoms. The zero-order chi connectivity index (χ0) is 14.8. The Morgan fingerprint density at radius 3 is 2.20 bits per heavy atom. The Balaban J connectivity index is 2.76. The van der Waals surface area contributed by atoms with Crippen molar-refractivity contribution in [3.63, 3.8) is 0 Å². The van der Waals surface area contributed by atoms with Gasteiger partial charge in [0.2, 0.25) is 0 Å². The SMILES string of the molecule is CCOCCN(CCOCC)c1ccc(C=O)cc1F. The van der Waals surface area contributed by atoms with Gasteiger partial charge in [0.05, 0.1) is 18.9 Å². The van der Waals surface area contributed by atoms with Crippen LogP contribution in [0.2, 0.25) is 0 Å². The van der Waals surface area contributed by atoms with Gasteiger partial charge in [0.1, 0.15) is 12.1 Å². The second kappa shape index (κ2) is 9.44. The molecule has 0 spiro atoms. The van der Waals surface area contributed by atoms with Crippen LogP contribution in [0.5, 0.6) is 0 Å². The van der Waals surface area contributed by atoms with E-state index in [1.165, 1.54) is 6.07 Å². The van der Waals surface area contributed by atoms with Crippen LogP contribution in [0.25, 0.3) is 0 Å². The zero-order valence-corrected chi connectivity index (χ0v) is 12.1.